The fourth-order valence-electron chi connectivity index (χ4n) is 1.79. The second-order valence-corrected chi connectivity index (χ2v) is 3.42. The van der Waals surface area contributed by atoms with Crippen LogP contribution in [-0.2, 0) is 19.1 Å². The van der Waals surface area contributed by atoms with E-state index in [0.717, 1.165) is 5.57 Å². The van der Waals surface area contributed by atoms with Gasteiger partial charge in [-0.2, -0.15) is 0 Å². The molecule has 0 aromatic heterocycles. The van der Waals surface area contributed by atoms with E-state index in [1.165, 1.54) is 14.2 Å². The molecule has 78 valence electrons. The Morgan fingerprint density at radius 3 is 1.79 bits per heavy atom. The number of hydrogen-bond donors (Lipinski definition) is 0. The van der Waals surface area contributed by atoms with Crippen molar-refractivity contribution in [1.82, 2.24) is 0 Å². The van der Waals surface area contributed by atoms with Gasteiger partial charge in [-0.25, -0.2) is 0 Å². The lowest BCUT2D eigenvalue weighted by Crippen LogP contribution is -2.27. The third-order valence-corrected chi connectivity index (χ3v) is 2.51. The number of ether oxygens (including phenoxy) is 2. The van der Waals surface area contributed by atoms with Gasteiger partial charge in [-0.3, -0.25) is 9.59 Å². The van der Waals surface area contributed by atoms with Crippen LogP contribution in [0.1, 0.15) is 12.8 Å². The van der Waals surface area contributed by atoms with Crippen LogP contribution in [0.25, 0.3) is 0 Å². The molecule has 0 amide bonds. The molecule has 1 fully saturated rings. The van der Waals surface area contributed by atoms with Crippen molar-refractivity contribution >= 4 is 11.9 Å². The van der Waals surface area contributed by atoms with Crippen molar-refractivity contribution in [2.24, 2.45) is 11.8 Å². The van der Waals surface area contributed by atoms with E-state index in [2.05, 4.69) is 16.1 Å². The van der Waals surface area contributed by atoms with Gasteiger partial charge in [-0.05, 0) is 12.8 Å². The van der Waals surface area contributed by atoms with Crippen LogP contribution in [-0.4, -0.2) is 26.2 Å². The standard InChI is InChI=1S/C10H14O4/c1-6-4-7(9(11)13-2)8(5-6)10(12)14-3/h7-8H,1,4-5H2,2-3H3/t7-,8-/m0/s1. The van der Waals surface area contributed by atoms with Crippen LogP contribution in [0.15, 0.2) is 12.2 Å². The lowest BCUT2D eigenvalue weighted by atomic mass is 9.96. The van der Waals surface area contributed by atoms with Crippen LogP contribution in [0.3, 0.4) is 0 Å². The topological polar surface area (TPSA) is 52.6 Å². The molecular formula is C10H14O4. The predicted molar refractivity (Wildman–Crippen MR) is 49.4 cm³/mol. The van der Waals surface area contributed by atoms with Crippen LogP contribution in [0.4, 0.5) is 0 Å². The molecule has 4 nitrogen and oxygen atoms in total. The Morgan fingerprint density at radius 2 is 1.50 bits per heavy atom. The van der Waals surface area contributed by atoms with Gasteiger partial charge in [0.15, 0.2) is 0 Å². The number of hydrogen-bond acceptors (Lipinski definition) is 4. The normalized spacial score (nSPS) is 26.0. The summed E-state index contributed by atoms with van der Waals surface area (Å²) >= 11 is 0. The highest BCUT2D eigenvalue weighted by molar-refractivity contribution is 5.83. The van der Waals surface area contributed by atoms with Crippen LogP contribution in [0.2, 0.25) is 0 Å². The molecule has 1 aliphatic rings. The summed E-state index contributed by atoms with van der Waals surface area (Å²) < 4.78 is 9.24. The summed E-state index contributed by atoms with van der Waals surface area (Å²) in [6.07, 6.45) is 1.04. The molecule has 0 radical (unpaired) electrons. The van der Waals surface area contributed by atoms with E-state index in [1.807, 2.05) is 0 Å². The Morgan fingerprint density at radius 1 is 1.14 bits per heavy atom. The minimum Gasteiger partial charge on any atom is -0.469 e. The van der Waals surface area contributed by atoms with Crippen LogP contribution in [0, 0.1) is 11.8 Å². The highest BCUT2D eigenvalue weighted by Crippen LogP contribution is 2.36. The predicted octanol–water partition coefficient (Wildman–Crippen LogP) is 0.915. The van der Waals surface area contributed by atoms with E-state index in [-0.39, 0.29) is 11.9 Å². The van der Waals surface area contributed by atoms with Crippen LogP contribution >= 0.6 is 0 Å². The van der Waals surface area contributed by atoms with Crippen molar-refractivity contribution in [3.63, 3.8) is 0 Å². The Kier molecular flexibility index (Phi) is 3.28. The third kappa shape index (κ3) is 1.95. The fraction of sp³-hybridized carbons (Fsp3) is 0.600. The SMILES string of the molecule is C=C1C[C@H](C(=O)OC)[C@@H](C(=O)OC)C1. The van der Waals surface area contributed by atoms with Crippen molar-refractivity contribution in [1.29, 1.82) is 0 Å². The zero-order chi connectivity index (χ0) is 10.7. The molecule has 2 atom stereocenters. The van der Waals surface area contributed by atoms with E-state index in [9.17, 15) is 9.59 Å². The largest absolute Gasteiger partial charge is 0.469 e. The first kappa shape index (κ1) is 10.8. The minimum absolute atomic E-state index is 0.362. The monoisotopic (exact) mass is 198 g/mol. The first-order valence-corrected chi connectivity index (χ1v) is 4.42. The smallest absolute Gasteiger partial charge is 0.309 e. The molecule has 14 heavy (non-hydrogen) atoms. The second-order valence-electron chi connectivity index (χ2n) is 3.42. The molecule has 0 unspecified atom stereocenters. The average Bonchev–Trinajstić information content (AvgIpc) is 2.58. The first-order chi connectivity index (χ1) is 6.60. The van der Waals surface area contributed by atoms with Gasteiger partial charge >= 0.3 is 11.9 Å². The molecule has 1 rings (SSSR count). The van der Waals surface area contributed by atoms with Crippen LogP contribution in [0.5, 0.6) is 0 Å². The van der Waals surface area contributed by atoms with E-state index in [0.29, 0.717) is 12.8 Å². The fourth-order valence-corrected chi connectivity index (χ4v) is 1.79. The lowest BCUT2D eigenvalue weighted by molar-refractivity contribution is -0.156. The Labute approximate surface area is 82.9 Å². The molecule has 0 heterocycles. The minimum atomic E-state index is -0.417. The molecule has 0 aliphatic heterocycles. The molecule has 0 spiro atoms. The van der Waals surface area contributed by atoms with Crippen molar-refractivity contribution < 1.29 is 19.1 Å². The molecule has 1 saturated carbocycles. The van der Waals surface area contributed by atoms with Crippen LogP contribution < -0.4 is 0 Å². The maximum absolute atomic E-state index is 11.3. The van der Waals surface area contributed by atoms with Crippen molar-refractivity contribution in [2.75, 3.05) is 14.2 Å². The molecular weight excluding hydrogens is 184 g/mol. The van der Waals surface area contributed by atoms with E-state index < -0.39 is 11.8 Å². The number of methoxy groups -OCH3 is 2. The Bertz CT molecular complexity index is 243. The number of allylic oxidation sites excluding steroid dienone is 1. The van der Waals surface area contributed by atoms with Gasteiger partial charge in [0.25, 0.3) is 0 Å². The summed E-state index contributed by atoms with van der Waals surface area (Å²) in [4.78, 5) is 22.6. The molecule has 0 aromatic carbocycles. The maximum Gasteiger partial charge on any atom is 0.309 e. The quantitative estimate of drug-likeness (QED) is 0.489. The highest BCUT2D eigenvalue weighted by Gasteiger charge is 2.40. The third-order valence-electron chi connectivity index (χ3n) is 2.51. The molecule has 0 aromatic rings. The van der Waals surface area contributed by atoms with Gasteiger partial charge in [0.2, 0.25) is 0 Å². The first-order valence-electron chi connectivity index (χ1n) is 4.42. The zero-order valence-electron chi connectivity index (χ0n) is 8.41. The summed E-state index contributed by atoms with van der Waals surface area (Å²) in [7, 11) is 2.63. The summed E-state index contributed by atoms with van der Waals surface area (Å²) in [6.45, 7) is 3.77. The maximum atomic E-state index is 11.3. The van der Waals surface area contributed by atoms with Crippen molar-refractivity contribution in [3.8, 4) is 0 Å². The van der Waals surface area contributed by atoms with Gasteiger partial charge in [0.05, 0.1) is 26.1 Å². The summed E-state index contributed by atoms with van der Waals surface area (Å²) in [5.41, 5.74) is 0.899. The molecule has 0 bridgehead atoms. The van der Waals surface area contributed by atoms with Crippen molar-refractivity contribution in [2.45, 2.75) is 12.8 Å². The molecule has 0 saturated heterocycles. The van der Waals surface area contributed by atoms with Gasteiger partial charge in [0, 0.05) is 0 Å². The van der Waals surface area contributed by atoms with Gasteiger partial charge in [0.1, 0.15) is 0 Å². The van der Waals surface area contributed by atoms with E-state index >= 15 is 0 Å². The van der Waals surface area contributed by atoms with E-state index in [4.69, 9.17) is 0 Å². The van der Waals surface area contributed by atoms with E-state index in [1.54, 1.807) is 0 Å². The van der Waals surface area contributed by atoms with Gasteiger partial charge < -0.3 is 9.47 Å². The summed E-state index contributed by atoms with van der Waals surface area (Å²) in [5.74, 6) is -1.56. The number of carbonyl (C=O) groups excluding carboxylic acids is 2. The molecule has 4 heteroatoms. The summed E-state index contributed by atoms with van der Waals surface area (Å²) in [5, 5.41) is 0. The number of carbonyl (C=O) groups is 2. The zero-order valence-corrected chi connectivity index (χ0v) is 8.41. The number of rotatable bonds is 2. The lowest BCUT2D eigenvalue weighted by Gasteiger charge is -2.13. The Balaban J connectivity index is 2.77. The average molecular weight is 198 g/mol. The molecule has 0 N–H and O–H groups in total. The van der Waals surface area contributed by atoms with Gasteiger partial charge in [-0.1, -0.05) is 12.2 Å². The summed E-state index contributed by atoms with van der Waals surface area (Å²) in [6, 6.07) is 0. The molecule has 1 aliphatic carbocycles. The number of esters is 2. The second kappa shape index (κ2) is 4.26. The highest BCUT2D eigenvalue weighted by atomic mass is 16.5. The van der Waals surface area contributed by atoms with Gasteiger partial charge in [-0.15, -0.1) is 0 Å². The Hall–Kier alpha value is -1.32. The van der Waals surface area contributed by atoms with Crippen molar-refractivity contribution in [3.05, 3.63) is 12.2 Å².